The van der Waals surface area contributed by atoms with E-state index in [0.717, 1.165) is 11.1 Å². The summed E-state index contributed by atoms with van der Waals surface area (Å²) >= 11 is 0. The molecular weight excluding hydrogens is 556 g/mol. The highest BCUT2D eigenvalue weighted by molar-refractivity contribution is 5.89. The minimum Gasteiger partial charge on any atom is -0.493 e. The Morgan fingerprint density at radius 1 is 1.05 bits per heavy atom. The normalized spacial score (nSPS) is 12.7. The predicted octanol–water partition coefficient (Wildman–Crippen LogP) is 5.82. The van der Waals surface area contributed by atoms with E-state index in [4.69, 9.17) is 28.8 Å². The predicted molar refractivity (Wildman–Crippen MR) is 156 cm³/mol. The molecule has 0 saturated heterocycles. The van der Waals surface area contributed by atoms with Crippen molar-refractivity contribution in [3.63, 3.8) is 0 Å². The number of aromatic nitrogens is 2. The van der Waals surface area contributed by atoms with Crippen LogP contribution in [0.15, 0.2) is 67.1 Å². The molecule has 1 aliphatic heterocycles. The van der Waals surface area contributed by atoms with Gasteiger partial charge in [-0.3, -0.25) is 9.48 Å². The summed E-state index contributed by atoms with van der Waals surface area (Å²) in [5.41, 5.74) is 3.26. The molecule has 11 nitrogen and oxygen atoms in total. The molecule has 0 saturated carbocycles. The number of nitrogens with zero attached hydrogens (tertiary/aromatic N) is 2. The summed E-state index contributed by atoms with van der Waals surface area (Å²) < 4.78 is 30.1. The number of fused-ring (bicyclic) bond motifs is 1. The second-order valence-electron chi connectivity index (χ2n) is 9.63. The fraction of sp³-hybridized carbons (Fsp3) is 0.219. The van der Waals surface area contributed by atoms with Gasteiger partial charge >= 0.3 is 11.9 Å². The number of carboxylic acids is 2. The highest BCUT2D eigenvalue weighted by Gasteiger charge is 2.24. The maximum absolute atomic E-state index is 11.7. The molecule has 1 aromatic heterocycles. The van der Waals surface area contributed by atoms with Crippen LogP contribution in [-0.2, 0) is 17.9 Å². The molecule has 0 fully saturated rings. The Bertz CT molecular complexity index is 1690. The number of hydrogen-bond acceptors (Lipinski definition) is 8. The van der Waals surface area contributed by atoms with Gasteiger partial charge in [0.1, 0.15) is 12.4 Å². The zero-order valence-electron chi connectivity index (χ0n) is 23.8. The Morgan fingerprint density at radius 3 is 2.53 bits per heavy atom. The molecule has 0 spiro atoms. The van der Waals surface area contributed by atoms with Crippen molar-refractivity contribution < 1.29 is 43.5 Å². The smallest absolute Gasteiger partial charge is 0.336 e. The van der Waals surface area contributed by atoms with Gasteiger partial charge in [0.2, 0.25) is 6.79 Å². The van der Waals surface area contributed by atoms with Crippen molar-refractivity contribution >= 4 is 18.0 Å². The molecule has 0 radical (unpaired) electrons. The zero-order valence-corrected chi connectivity index (χ0v) is 23.8. The first-order chi connectivity index (χ1) is 20.8. The molecule has 5 rings (SSSR count). The van der Waals surface area contributed by atoms with E-state index < -0.39 is 17.9 Å². The summed E-state index contributed by atoms with van der Waals surface area (Å²) in [6.45, 7) is 4.24. The molecular formula is C32H30N2O9. The first kappa shape index (κ1) is 29.1. The molecule has 1 unspecified atom stereocenters. The van der Waals surface area contributed by atoms with E-state index in [1.54, 1.807) is 60.1 Å². The molecule has 11 heteroatoms. The van der Waals surface area contributed by atoms with E-state index in [2.05, 4.69) is 0 Å². The van der Waals surface area contributed by atoms with Crippen molar-refractivity contribution in [1.82, 2.24) is 9.78 Å². The maximum atomic E-state index is 11.7. The molecule has 222 valence electrons. The summed E-state index contributed by atoms with van der Waals surface area (Å²) in [7, 11) is 1.53. The molecule has 2 N–H and O–H groups in total. The number of methoxy groups -OCH3 is 1. The lowest BCUT2D eigenvalue weighted by Crippen LogP contribution is -2.08. The molecule has 1 atom stereocenters. The van der Waals surface area contributed by atoms with Crippen LogP contribution in [0, 0.1) is 0 Å². The molecule has 1 aliphatic rings. The first-order valence-corrected chi connectivity index (χ1v) is 13.5. The number of benzene rings is 3. The van der Waals surface area contributed by atoms with E-state index in [9.17, 15) is 19.8 Å². The van der Waals surface area contributed by atoms with Gasteiger partial charge in [-0.15, -0.1) is 0 Å². The molecule has 0 aliphatic carbocycles. The number of carbonyl (C=O) groups is 2. The highest BCUT2D eigenvalue weighted by Crippen LogP contribution is 2.41. The fourth-order valence-electron chi connectivity index (χ4n) is 4.59. The quantitative estimate of drug-likeness (QED) is 0.195. The number of aromatic carboxylic acids is 1. The van der Waals surface area contributed by atoms with Crippen molar-refractivity contribution in [2.24, 2.45) is 0 Å². The van der Waals surface area contributed by atoms with Crippen molar-refractivity contribution in [3.05, 3.63) is 89.3 Å². The Morgan fingerprint density at radius 2 is 1.81 bits per heavy atom. The van der Waals surface area contributed by atoms with Crippen LogP contribution in [0.25, 0.3) is 17.3 Å². The Kier molecular flexibility index (Phi) is 8.51. The van der Waals surface area contributed by atoms with Crippen LogP contribution < -0.4 is 23.7 Å². The maximum Gasteiger partial charge on any atom is 0.336 e. The Hall–Kier alpha value is -5.45. The van der Waals surface area contributed by atoms with Crippen LogP contribution in [-0.4, -0.2) is 45.8 Å². The van der Waals surface area contributed by atoms with Crippen molar-refractivity contribution in [3.8, 4) is 40.0 Å². The summed E-state index contributed by atoms with van der Waals surface area (Å²) in [5.74, 6) is -0.689. The largest absolute Gasteiger partial charge is 0.493 e. The van der Waals surface area contributed by atoms with Gasteiger partial charge < -0.3 is 33.9 Å². The van der Waals surface area contributed by atoms with Crippen LogP contribution in [0.3, 0.4) is 0 Å². The minimum atomic E-state index is -1.03. The number of rotatable bonds is 12. The third-order valence-electron chi connectivity index (χ3n) is 6.97. The molecule has 4 aromatic rings. The van der Waals surface area contributed by atoms with Crippen LogP contribution in [0.5, 0.6) is 28.7 Å². The third kappa shape index (κ3) is 6.25. The van der Waals surface area contributed by atoms with E-state index in [-0.39, 0.29) is 19.0 Å². The van der Waals surface area contributed by atoms with Gasteiger partial charge in [0.25, 0.3) is 0 Å². The number of carboxylic acid groups (broad SMARTS) is 2. The van der Waals surface area contributed by atoms with E-state index in [1.165, 1.54) is 19.4 Å². The lowest BCUT2D eigenvalue weighted by molar-refractivity contribution is -0.138. The molecule has 43 heavy (non-hydrogen) atoms. The topological polar surface area (TPSA) is 139 Å². The van der Waals surface area contributed by atoms with E-state index in [1.807, 2.05) is 19.2 Å². The lowest BCUT2D eigenvalue weighted by Gasteiger charge is -2.14. The Balaban J connectivity index is 1.43. The van der Waals surface area contributed by atoms with Gasteiger partial charge in [0.05, 0.1) is 30.5 Å². The fourth-order valence-corrected chi connectivity index (χ4v) is 4.59. The molecule has 3 aromatic carbocycles. The van der Waals surface area contributed by atoms with Crippen LogP contribution >= 0.6 is 0 Å². The molecule has 0 amide bonds. The van der Waals surface area contributed by atoms with Crippen molar-refractivity contribution in [2.45, 2.75) is 32.9 Å². The number of ether oxygens (including phenoxy) is 5. The number of aryl methyl sites for hydroxylation is 1. The summed E-state index contributed by atoms with van der Waals surface area (Å²) in [5, 5.41) is 23.8. The summed E-state index contributed by atoms with van der Waals surface area (Å²) in [6, 6.07) is 15.3. The van der Waals surface area contributed by atoms with Gasteiger partial charge in [0, 0.05) is 41.1 Å². The van der Waals surface area contributed by atoms with Gasteiger partial charge in [-0.25, -0.2) is 4.79 Å². The first-order valence-electron chi connectivity index (χ1n) is 13.5. The van der Waals surface area contributed by atoms with Gasteiger partial charge in [0.15, 0.2) is 23.0 Å². The molecule has 2 heterocycles. The van der Waals surface area contributed by atoms with Crippen LogP contribution in [0.2, 0.25) is 0 Å². The highest BCUT2D eigenvalue weighted by atomic mass is 16.7. The van der Waals surface area contributed by atoms with Crippen molar-refractivity contribution in [2.75, 3.05) is 13.9 Å². The van der Waals surface area contributed by atoms with Crippen LogP contribution in [0.1, 0.15) is 46.8 Å². The number of aliphatic carboxylic acids is 1. The van der Waals surface area contributed by atoms with Crippen molar-refractivity contribution in [1.29, 1.82) is 0 Å². The van der Waals surface area contributed by atoms with Gasteiger partial charge in [-0.1, -0.05) is 18.2 Å². The summed E-state index contributed by atoms with van der Waals surface area (Å²) in [4.78, 5) is 23.4. The second-order valence-corrected chi connectivity index (χ2v) is 9.63. The van der Waals surface area contributed by atoms with Gasteiger partial charge in [-0.05, 0) is 50.3 Å². The van der Waals surface area contributed by atoms with E-state index >= 15 is 0 Å². The van der Waals surface area contributed by atoms with Crippen LogP contribution in [0.4, 0.5) is 0 Å². The lowest BCUT2D eigenvalue weighted by atomic mass is 9.99. The average Bonchev–Trinajstić information content (AvgIpc) is 3.65. The third-order valence-corrected chi connectivity index (χ3v) is 6.97. The Labute approximate surface area is 247 Å². The zero-order chi connectivity index (χ0) is 30.5. The van der Waals surface area contributed by atoms with Gasteiger partial charge in [-0.2, -0.15) is 5.10 Å². The second kappa shape index (κ2) is 12.6. The average molecular weight is 587 g/mol. The number of hydrogen-bond donors (Lipinski definition) is 2. The SMILES string of the molecule is CCn1cc(C=COc2cc3c(cc2C(C)C(=O)O)OCO3)c(-c2ccc(OC)c(OCc3ccccc3C(=O)O)c2)n1. The molecule has 0 bridgehead atoms. The standard InChI is InChI=1S/C32H30N2O9/c1-4-34-16-21(11-12-40-26-15-29-28(42-18-43-29)14-24(26)19(2)31(35)36)30(33-34)20-9-10-25(39-3)27(13-20)41-17-22-7-5-6-8-23(22)32(37)38/h5-16,19H,4,17-18H2,1-3H3,(H,35,36)(H,37,38). The summed E-state index contributed by atoms with van der Waals surface area (Å²) in [6.07, 6.45) is 5.07. The monoisotopic (exact) mass is 586 g/mol. The minimum absolute atomic E-state index is 0.0267. The van der Waals surface area contributed by atoms with E-state index in [0.29, 0.717) is 52.1 Å².